The van der Waals surface area contributed by atoms with Crippen LogP contribution in [-0.2, 0) is 16.6 Å². The van der Waals surface area contributed by atoms with Gasteiger partial charge in [0.2, 0.25) is 5.91 Å². The monoisotopic (exact) mass is 397 g/mol. The lowest BCUT2D eigenvalue weighted by molar-refractivity contribution is -0.119. The molecule has 1 aliphatic carbocycles. The zero-order valence-corrected chi connectivity index (χ0v) is 17.4. The summed E-state index contributed by atoms with van der Waals surface area (Å²) in [6.45, 7) is 3.06. The number of ether oxygens (including phenoxy) is 1. The van der Waals surface area contributed by atoms with Crippen LogP contribution in [0.2, 0.25) is 0 Å². The quantitative estimate of drug-likeness (QED) is 0.752. The van der Waals surface area contributed by atoms with E-state index in [4.69, 9.17) is 4.74 Å². The first-order valence-electron chi connectivity index (χ1n) is 10.9. The maximum Gasteiger partial charge on any atom is 0.354 e. The Morgan fingerprint density at radius 1 is 1.17 bits per heavy atom. The smallest absolute Gasteiger partial charge is 0.354 e. The van der Waals surface area contributed by atoms with E-state index in [1.165, 1.54) is 32.1 Å². The van der Waals surface area contributed by atoms with Gasteiger partial charge in [-0.2, -0.15) is 0 Å². The number of esters is 1. The lowest BCUT2D eigenvalue weighted by Gasteiger charge is -2.30. The van der Waals surface area contributed by atoms with Crippen molar-refractivity contribution < 1.29 is 14.3 Å². The molecule has 0 radical (unpaired) electrons. The van der Waals surface area contributed by atoms with Gasteiger partial charge in [0.05, 0.1) is 12.6 Å². The molecular weight excluding hydrogens is 366 g/mol. The van der Waals surface area contributed by atoms with Crippen molar-refractivity contribution in [3.8, 4) is 0 Å². The predicted molar refractivity (Wildman–Crippen MR) is 114 cm³/mol. The van der Waals surface area contributed by atoms with Gasteiger partial charge in [0.1, 0.15) is 5.69 Å². The van der Waals surface area contributed by atoms with Gasteiger partial charge in [-0.3, -0.25) is 4.79 Å². The highest BCUT2D eigenvalue weighted by Gasteiger charge is 2.38. The molecule has 2 atom stereocenters. The van der Waals surface area contributed by atoms with Crippen LogP contribution in [0.5, 0.6) is 0 Å². The summed E-state index contributed by atoms with van der Waals surface area (Å²) in [6.07, 6.45) is 7.51. The van der Waals surface area contributed by atoms with Gasteiger partial charge < -0.3 is 19.9 Å². The van der Waals surface area contributed by atoms with Crippen molar-refractivity contribution in [3.05, 3.63) is 30.0 Å². The van der Waals surface area contributed by atoms with Gasteiger partial charge in [-0.25, -0.2) is 4.79 Å². The zero-order chi connectivity index (χ0) is 20.4. The highest BCUT2D eigenvalue weighted by molar-refractivity contribution is 6.00. The van der Waals surface area contributed by atoms with Crippen LogP contribution in [0.15, 0.2) is 24.3 Å². The molecule has 6 nitrogen and oxygen atoms in total. The van der Waals surface area contributed by atoms with Gasteiger partial charge in [-0.15, -0.1) is 0 Å². The summed E-state index contributed by atoms with van der Waals surface area (Å²) in [6, 6.07) is 7.48. The number of aryl methyl sites for hydroxylation is 1. The predicted octanol–water partition coefficient (Wildman–Crippen LogP) is 3.85. The number of carbonyl (C=O) groups excluding carboxylic acids is 2. The standard InChI is InChI=1S/C23H31N3O3/c1-3-29-23(28)20-14-16-13-17(9-10-19(16)26(20)2)25-22(27)21-18(11-12-24-21)15-7-5-4-6-8-15/h9-10,13-15,18,21,24H,3-8,11-12H2,1-2H3,(H,25,27)/t18?,21-/m0/s1. The number of hydrogen-bond donors (Lipinski definition) is 2. The Hall–Kier alpha value is -2.34. The van der Waals surface area contributed by atoms with Crippen molar-refractivity contribution in [2.45, 2.75) is 51.5 Å². The van der Waals surface area contributed by atoms with E-state index in [0.717, 1.165) is 29.6 Å². The molecule has 4 rings (SSSR count). The second-order valence-electron chi connectivity index (χ2n) is 8.35. The molecule has 2 aromatic rings. The van der Waals surface area contributed by atoms with Gasteiger partial charge in [0.25, 0.3) is 0 Å². The first-order valence-corrected chi connectivity index (χ1v) is 10.9. The van der Waals surface area contributed by atoms with Crippen molar-refractivity contribution in [3.63, 3.8) is 0 Å². The second-order valence-corrected chi connectivity index (χ2v) is 8.35. The van der Waals surface area contributed by atoms with Crippen molar-refractivity contribution in [2.24, 2.45) is 18.9 Å². The summed E-state index contributed by atoms with van der Waals surface area (Å²) in [4.78, 5) is 25.2. The average molecular weight is 398 g/mol. The van der Waals surface area contributed by atoms with Crippen molar-refractivity contribution in [1.82, 2.24) is 9.88 Å². The minimum Gasteiger partial charge on any atom is -0.461 e. The van der Waals surface area contributed by atoms with Gasteiger partial charge in [0, 0.05) is 23.6 Å². The number of fused-ring (bicyclic) bond motifs is 1. The largest absolute Gasteiger partial charge is 0.461 e. The molecule has 6 heteroatoms. The number of aromatic nitrogens is 1. The van der Waals surface area contributed by atoms with E-state index in [1.807, 2.05) is 35.9 Å². The maximum absolute atomic E-state index is 13.0. The summed E-state index contributed by atoms with van der Waals surface area (Å²) in [5, 5.41) is 7.44. The van der Waals surface area contributed by atoms with E-state index in [0.29, 0.717) is 24.1 Å². The van der Waals surface area contributed by atoms with Gasteiger partial charge in [-0.1, -0.05) is 32.1 Å². The second kappa shape index (κ2) is 8.57. The fourth-order valence-corrected chi connectivity index (χ4v) is 5.13. The van der Waals surface area contributed by atoms with Crippen LogP contribution in [0.4, 0.5) is 5.69 Å². The summed E-state index contributed by atoms with van der Waals surface area (Å²) in [5.74, 6) is 0.825. The normalized spacial score (nSPS) is 22.7. The minimum atomic E-state index is -0.331. The Bertz CT molecular complexity index is 898. The molecular formula is C23H31N3O3. The van der Waals surface area contributed by atoms with Crippen LogP contribution >= 0.6 is 0 Å². The highest BCUT2D eigenvalue weighted by Crippen LogP contribution is 2.36. The summed E-state index contributed by atoms with van der Waals surface area (Å²) in [7, 11) is 1.85. The number of carbonyl (C=O) groups is 2. The molecule has 2 N–H and O–H groups in total. The van der Waals surface area contributed by atoms with Gasteiger partial charge >= 0.3 is 5.97 Å². The SMILES string of the molecule is CCOC(=O)c1cc2cc(NC(=O)[C@H]3NCCC3C3CCCCC3)ccc2n1C. The maximum atomic E-state index is 13.0. The number of benzene rings is 1. The van der Waals surface area contributed by atoms with E-state index >= 15 is 0 Å². The van der Waals surface area contributed by atoms with E-state index in [2.05, 4.69) is 10.6 Å². The molecule has 156 valence electrons. The number of anilines is 1. The molecule has 1 saturated carbocycles. The molecule has 0 spiro atoms. The van der Waals surface area contributed by atoms with Crippen LogP contribution in [0.1, 0.15) is 55.9 Å². The minimum absolute atomic E-state index is 0.0546. The number of amides is 1. The Kier molecular flexibility index (Phi) is 5.90. The Morgan fingerprint density at radius 2 is 1.97 bits per heavy atom. The van der Waals surface area contributed by atoms with Crippen LogP contribution in [-0.4, -0.2) is 35.6 Å². The van der Waals surface area contributed by atoms with E-state index < -0.39 is 0 Å². The Morgan fingerprint density at radius 3 is 2.72 bits per heavy atom. The first-order chi connectivity index (χ1) is 14.1. The van der Waals surface area contributed by atoms with E-state index in [-0.39, 0.29) is 17.9 Å². The summed E-state index contributed by atoms with van der Waals surface area (Å²) >= 11 is 0. The number of nitrogens with one attached hydrogen (secondary N) is 2. The highest BCUT2D eigenvalue weighted by atomic mass is 16.5. The van der Waals surface area contributed by atoms with Gasteiger partial charge in [-0.05, 0) is 56.0 Å². The van der Waals surface area contributed by atoms with Gasteiger partial charge in [0.15, 0.2) is 0 Å². The van der Waals surface area contributed by atoms with Crippen LogP contribution in [0.3, 0.4) is 0 Å². The lowest BCUT2D eigenvalue weighted by Crippen LogP contribution is -2.42. The molecule has 1 saturated heterocycles. The van der Waals surface area contributed by atoms with E-state index in [1.54, 1.807) is 6.92 Å². The fraction of sp³-hybridized carbons (Fsp3) is 0.565. The lowest BCUT2D eigenvalue weighted by atomic mass is 9.76. The summed E-state index contributed by atoms with van der Waals surface area (Å²) < 4.78 is 6.96. The molecule has 1 unspecified atom stereocenters. The third kappa shape index (κ3) is 4.04. The molecule has 2 heterocycles. The third-order valence-corrected chi connectivity index (χ3v) is 6.60. The fourth-order valence-electron chi connectivity index (χ4n) is 5.13. The van der Waals surface area contributed by atoms with Crippen LogP contribution in [0.25, 0.3) is 10.9 Å². The molecule has 2 fully saturated rings. The molecule has 1 aromatic carbocycles. The zero-order valence-electron chi connectivity index (χ0n) is 17.4. The molecule has 1 aliphatic heterocycles. The van der Waals surface area contributed by atoms with Crippen LogP contribution in [0, 0.1) is 11.8 Å². The van der Waals surface area contributed by atoms with Crippen LogP contribution < -0.4 is 10.6 Å². The molecule has 0 bridgehead atoms. The first kappa shape index (κ1) is 20.0. The number of nitrogens with zero attached hydrogens (tertiary/aromatic N) is 1. The summed E-state index contributed by atoms with van der Waals surface area (Å²) in [5.41, 5.74) is 2.21. The number of rotatable bonds is 5. The molecule has 2 aliphatic rings. The van der Waals surface area contributed by atoms with Crippen molar-refractivity contribution in [2.75, 3.05) is 18.5 Å². The molecule has 1 amide bonds. The topological polar surface area (TPSA) is 72.4 Å². The number of hydrogen-bond acceptors (Lipinski definition) is 4. The Balaban J connectivity index is 1.49. The third-order valence-electron chi connectivity index (χ3n) is 6.60. The molecule has 1 aromatic heterocycles. The van der Waals surface area contributed by atoms with Crippen molar-refractivity contribution in [1.29, 1.82) is 0 Å². The average Bonchev–Trinajstić information content (AvgIpc) is 3.34. The molecule has 29 heavy (non-hydrogen) atoms. The Labute approximate surface area is 172 Å². The van der Waals surface area contributed by atoms with Crippen molar-refractivity contribution >= 4 is 28.5 Å². The van der Waals surface area contributed by atoms with E-state index in [9.17, 15) is 9.59 Å².